The van der Waals surface area contributed by atoms with E-state index in [2.05, 4.69) is 0 Å². The molecule has 0 radical (unpaired) electrons. The molecule has 0 heterocycles. The van der Waals surface area contributed by atoms with E-state index in [1.54, 1.807) is 7.05 Å². The number of hydrogen-bond donors (Lipinski definition) is 2. The Morgan fingerprint density at radius 2 is 1.95 bits per heavy atom. The van der Waals surface area contributed by atoms with Crippen LogP contribution in [-0.4, -0.2) is 48.3 Å². The minimum absolute atomic E-state index is 0.143. The number of carbonyl (C=O) groups excluding carboxylic acids is 1. The van der Waals surface area contributed by atoms with Crippen LogP contribution < -0.4 is 5.73 Å². The van der Waals surface area contributed by atoms with Crippen LogP contribution in [0.25, 0.3) is 0 Å². The lowest BCUT2D eigenvalue weighted by Crippen LogP contribution is -2.45. The first kappa shape index (κ1) is 18.6. The smallest absolute Gasteiger partial charge is 0.239 e. The van der Waals surface area contributed by atoms with E-state index in [0.29, 0.717) is 18.9 Å². The van der Waals surface area contributed by atoms with Gasteiger partial charge in [-0.15, -0.1) is 0 Å². The number of aliphatic hydroxyl groups is 1. The Morgan fingerprint density at radius 3 is 2.55 bits per heavy atom. The quantitative estimate of drug-likeness (QED) is 0.723. The van der Waals surface area contributed by atoms with Crippen molar-refractivity contribution < 1.29 is 14.6 Å². The molecule has 0 saturated heterocycles. The lowest BCUT2D eigenvalue weighted by atomic mass is 10.0. The summed E-state index contributed by atoms with van der Waals surface area (Å²) in [5.74, 6) is 0.224. The van der Waals surface area contributed by atoms with E-state index >= 15 is 0 Å². The lowest BCUT2D eigenvalue weighted by molar-refractivity contribution is -0.133. The number of carbonyl (C=O) groups is 1. The monoisotopic (exact) mass is 308 g/mol. The largest absolute Gasteiger partial charge is 0.389 e. The van der Waals surface area contributed by atoms with Gasteiger partial charge in [-0.3, -0.25) is 4.79 Å². The zero-order valence-electron chi connectivity index (χ0n) is 13.7. The van der Waals surface area contributed by atoms with E-state index in [0.717, 1.165) is 5.56 Å². The van der Waals surface area contributed by atoms with Crippen molar-refractivity contribution in [3.63, 3.8) is 0 Å². The van der Waals surface area contributed by atoms with Crippen LogP contribution in [0.1, 0.15) is 25.8 Å². The standard InChI is InChI=1S/C17H28N2O3/c1-13(2)9-16(18)17(21)19(3)10-15(20)12-22-11-14-7-5-4-6-8-14/h4-8,13,15-16,20H,9-12,18H2,1-3H3/t15?,16-/m0/s1. The summed E-state index contributed by atoms with van der Waals surface area (Å²) in [5, 5.41) is 9.95. The molecule has 0 aliphatic rings. The molecule has 5 nitrogen and oxygen atoms in total. The minimum Gasteiger partial charge on any atom is -0.389 e. The maximum Gasteiger partial charge on any atom is 0.239 e. The third-order valence-electron chi connectivity index (χ3n) is 3.33. The van der Waals surface area contributed by atoms with E-state index < -0.39 is 12.1 Å². The molecule has 124 valence electrons. The van der Waals surface area contributed by atoms with Gasteiger partial charge in [-0.2, -0.15) is 0 Å². The Bertz CT molecular complexity index is 437. The van der Waals surface area contributed by atoms with Crippen LogP contribution in [0.5, 0.6) is 0 Å². The highest BCUT2D eigenvalue weighted by Gasteiger charge is 2.21. The number of likely N-dealkylation sites (N-methyl/N-ethyl adjacent to an activating group) is 1. The Morgan fingerprint density at radius 1 is 1.32 bits per heavy atom. The summed E-state index contributed by atoms with van der Waals surface area (Å²) in [6.07, 6.45) is -0.0760. The van der Waals surface area contributed by atoms with Gasteiger partial charge in [0.15, 0.2) is 0 Å². The molecule has 0 aromatic heterocycles. The second-order valence-corrected chi connectivity index (χ2v) is 6.11. The van der Waals surface area contributed by atoms with Gasteiger partial charge in [-0.05, 0) is 17.9 Å². The summed E-state index contributed by atoms with van der Waals surface area (Å²) in [7, 11) is 1.66. The van der Waals surface area contributed by atoms with Crippen molar-refractivity contribution in [2.75, 3.05) is 20.2 Å². The fraction of sp³-hybridized carbons (Fsp3) is 0.588. The Kier molecular flexibility index (Phi) is 8.09. The van der Waals surface area contributed by atoms with Crippen molar-refractivity contribution in [2.24, 2.45) is 11.7 Å². The van der Waals surface area contributed by atoms with Crippen LogP contribution in [0.2, 0.25) is 0 Å². The maximum absolute atomic E-state index is 12.1. The second kappa shape index (κ2) is 9.56. The molecule has 22 heavy (non-hydrogen) atoms. The molecule has 1 aromatic rings. The number of aliphatic hydroxyl groups excluding tert-OH is 1. The predicted molar refractivity (Wildman–Crippen MR) is 87.2 cm³/mol. The number of nitrogens with zero attached hydrogens (tertiary/aromatic N) is 1. The van der Waals surface area contributed by atoms with Gasteiger partial charge in [0.25, 0.3) is 0 Å². The number of benzene rings is 1. The molecule has 1 aromatic carbocycles. The molecule has 2 atom stereocenters. The molecule has 1 amide bonds. The second-order valence-electron chi connectivity index (χ2n) is 6.11. The number of rotatable bonds is 9. The van der Waals surface area contributed by atoms with Gasteiger partial charge < -0.3 is 20.5 Å². The molecule has 3 N–H and O–H groups in total. The average Bonchev–Trinajstić information content (AvgIpc) is 2.46. The van der Waals surface area contributed by atoms with Crippen molar-refractivity contribution in [1.29, 1.82) is 0 Å². The molecule has 5 heteroatoms. The van der Waals surface area contributed by atoms with Crippen molar-refractivity contribution in [2.45, 2.75) is 39.0 Å². The highest BCUT2D eigenvalue weighted by molar-refractivity contribution is 5.81. The van der Waals surface area contributed by atoms with Gasteiger partial charge in [0.2, 0.25) is 5.91 Å². The molecule has 1 unspecified atom stereocenters. The van der Waals surface area contributed by atoms with E-state index in [4.69, 9.17) is 10.5 Å². The summed E-state index contributed by atoms with van der Waals surface area (Å²) in [6, 6.07) is 9.25. The number of nitrogens with two attached hydrogens (primary N) is 1. The van der Waals surface area contributed by atoms with Crippen LogP contribution in [0.4, 0.5) is 0 Å². The number of amides is 1. The SMILES string of the molecule is CC(C)C[C@H](N)C(=O)N(C)CC(O)COCc1ccccc1. The summed E-state index contributed by atoms with van der Waals surface area (Å²) >= 11 is 0. The van der Waals surface area contributed by atoms with Crippen LogP contribution in [0.3, 0.4) is 0 Å². The van der Waals surface area contributed by atoms with Gasteiger partial charge in [0.05, 0.1) is 25.4 Å². The summed E-state index contributed by atoms with van der Waals surface area (Å²) in [6.45, 7) is 4.91. The Hall–Kier alpha value is -1.43. The van der Waals surface area contributed by atoms with Crippen LogP contribution in [-0.2, 0) is 16.1 Å². The number of hydrogen-bond acceptors (Lipinski definition) is 4. The zero-order chi connectivity index (χ0) is 16.5. The van der Waals surface area contributed by atoms with Gasteiger partial charge in [-0.25, -0.2) is 0 Å². The van der Waals surface area contributed by atoms with Gasteiger partial charge >= 0.3 is 0 Å². The molecule has 0 aliphatic heterocycles. The van der Waals surface area contributed by atoms with E-state index in [1.807, 2.05) is 44.2 Å². The fourth-order valence-electron chi connectivity index (χ4n) is 2.24. The predicted octanol–water partition coefficient (Wildman–Crippen LogP) is 1.40. The molecular weight excluding hydrogens is 280 g/mol. The molecule has 0 fully saturated rings. The normalized spacial score (nSPS) is 13.9. The topological polar surface area (TPSA) is 75.8 Å². The summed E-state index contributed by atoms with van der Waals surface area (Å²) in [4.78, 5) is 13.5. The molecular formula is C17H28N2O3. The highest BCUT2D eigenvalue weighted by atomic mass is 16.5. The fourth-order valence-corrected chi connectivity index (χ4v) is 2.24. The lowest BCUT2D eigenvalue weighted by Gasteiger charge is -2.24. The van der Waals surface area contributed by atoms with Gasteiger partial charge in [0, 0.05) is 13.6 Å². The van der Waals surface area contributed by atoms with Gasteiger partial charge in [0.1, 0.15) is 0 Å². The Labute approximate surface area is 133 Å². The summed E-state index contributed by atoms with van der Waals surface area (Å²) < 4.78 is 5.47. The zero-order valence-corrected chi connectivity index (χ0v) is 13.7. The molecule has 1 rings (SSSR count). The third kappa shape index (κ3) is 7.02. The van der Waals surface area contributed by atoms with Crippen molar-refractivity contribution in [3.8, 4) is 0 Å². The first-order valence-electron chi connectivity index (χ1n) is 7.70. The third-order valence-corrected chi connectivity index (χ3v) is 3.33. The summed E-state index contributed by atoms with van der Waals surface area (Å²) in [5.41, 5.74) is 6.92. The van der Waals surface area contributed by atoms with E-state index in [-0.39, 0.29) is 19.1 Å². The van der Waals surface area contributed by atoms with Crippen molar-refractivity contribution in [3.05, 3.63) is 35.9 Å². The maximum atomic E-state index is 12.1. The van der Waals surface area contributed by atoms with Gasteiger partial charge in [-0.1, -0.05) is 44.2 Å². The van der Waals surface area contributed by atoms with E-state index in [1.165, 1.54) is 4.90 Å². The van der Waals surface area contributed by atoms with Crippen molar-refractivity contribution in [1.82, 2.24) is 4.90 Å². The van der Waals surface area contributed by atoms with Crippen LogP contribution >= 0.6 is 0 Å². The highest BCUT2D eigenvalue weighted by Crippen LogP contribution is 2.06. The average molecular weight is 308 g/mol. The molecule has 0 spiro atoms. The minimum atomic E-state index is -0.719. The van der Waals surface area contributed by atoms with Crippen LogP contribution in [0, 0.1) is 5.92 Å². The molecule has 0 bridgehead atoms. The van der Waals surface area contributed by atoms with E-state index in [9.17, 15) is 9.90 Å². The molecule has 0 aliphatic carbocycles. The van der Waals surface area contributed by atoms with Crippen LogP contribution in [0.15, 0.2) is 30.3 Å². The Balaban J connectivity index is 2.28. The molecule has 0 saturated carbocycles. The first-order chi connectivity index (χ1) is 10.4. The first-order valence-corrected chi connectivity index (χ1v) is 7.70. The van der Waals surface area contributed by atoms with Crippen molar-refractivity contribution >= 4 is 5.91 Å². The number of ether oxygens (including phenoxy) is 1.